The molecule has 0 saturated carbocycles. The minimum Gasteiger partial charge on any atom is -0.481 e. The Morgan fingerprint density at radius 2 is 2.13 bits per heavy atom. The second kappa shape index (κ2) is 4.77. The minimum atomic E-state index is -0.922. The smallest absolute Gasteiger partial charge is 0.313 e. The molecular formula is C11H14BrNO2. The molecule has 0 spiro atoms. The van der Waals surface area contributed by atoms with E-state index in [1.807, 2.05) is 24.3 Å². The molecule has 3 N–H and O–H groups in total. The molecule has 0 aromatic heterocycles. The van der Waals surface area contributed by atoms with E-state index in [9.17, 15) is 9.90 Å². The topological polar surface area (TPSA) is 63.3 Å². The van der Waals surface area contributed by atoms with Crippen LogP contribution in [0.25, 0.3) is 0 Å². The van der Waals surface area contributed by atoms with Crippen LogP contribution in [0.3, 0.4) is 0 Å². The van der Waals surface area contributed by atoms with Gasteiger partial charge in [-0.25, -0.2) is 0 Å². The zero-order chi connectivity index (χ0) is 11.5. The van der Waals surface area contributed by atoms with E-state index in [0.717, 1.165) is 10.0 Å². The van der Waals surface area contributed by atoms with Crippen molar-refractivity contribution in [2.45, 2.75) is 18.8 Å². The molecule has 0 amide bonds. The molecule has 0 fully saturated rings. The second-order valence-corrected chi connectivity index (χ2v) is 4.51. The quantitative estimate of drug-likeness (QED) is 0.882. The van der Waals surface area contributed by atoms with Gasteiger partial charge < -0.3 is 10.8 Å². The minimum absolute atomic E-state index is 0.351. The van der Waals surface area contributed by atoms with Gasteiger partial charge in [0.25, 0.3) is 0 Å². The van der Waals surface area contributed by atoms with Gasteiger partial charge in [0.15, 0.2) is 0 Å². The fourth-order valence-electron chi connectivity index (χ4n) is 1.55. The van der Waals surface area contributed by atoms with Crippen LogP contribution in [0.15, 0.2) is 28.7 Å². The number of hydrogen-bond donors (Lipinski definition) is 2. The summed E-state index contributed by atoms with van der Waals surface area (Å²) in [5, 5.41) is 9.27. The lowest BCUT2D eigenvalue weighted by Crippen LogP contribution is -2.35. The number of nitrogens with two attached hydrogens (primary N) is 1. The van der Waals surface area contributed by atoms with Crippen LogP contribution in [-0.4, -0.2) is 17.6 Å². The Bertz CT molecular complexity index is 367. The first-order valence-electron chi connectivity index (χ1n) is 4.71. The van der Waals surface area contributed by atoms with Gasteiger partial charge in [-0.15, -0.1) is 0 Å². The molecule has 1 aromatic rings. The summed E-state index contributed by atoms with van der Waals surface area (Å²) < 4.78 is 0.809. The van der Waals surface area contributed by atoms with Gasteiger partial charge in [0.1, 0.15) is 0 Å². The molecule has 0 saturated heterocycles. The summed E-state index contributed by atoms with van der Waals surface area (Å²) in [5.74, 6) is -0.847. The van der Waals surface area contributed by atoms with Crippen molar-refractivity contribution in [3.8, 4) is 0 Å². The third-order valence-electron chi connectivity index (χ3n) is 2.58. The Kier molecular flexibility index (Phi) is 3.88. The number of carbonyl (C=O) groups is 1. The highest BCUT2D eigenvalue weighted by Gasteiger charge is 2.35. The molecule has 0 aliphatic heterocycles. The highest BCUT2D eigenvalue weighted by molar-refractivity contribution is 9.10. The van der Waals surface area contributed by atoms with Gasteiger partial charge in [-0.3, -0.25) is 4.79 Å². The van der Waals surface area contributed by atoms with Gasteiger partial charge in [-0.05, 0) is 31.5 Å². The van der Waals surface area contributed by atoms with Gasteiger partial charge in [0, 0.05) is 4.47 Å². The Hall–Kier alpha value is -0.870. The number of hydrogen-bond acceptors (Lipinski definition) is 2. The monoisotopic (exact) mass is 271 g/mol. The van der Waals surface area contributed by atoms with Gasteiger partial charge in [0.05, 0.1) is 5.41 Å². The third-order valence-corrected chi connectivity index (χ3v) is 3.28. The van der Waals surface area contributed by atoms with Crippen molar-refractivity contribution in [2.75, 3.05) is 6.54 Å². The molecule has 0 aliphatic rings. The fourth-order valence-corrected chi connectivity index (χ4v) is 2.28. The van der Waals surface area contributed by atoms with Crippen molar-refractivity contribution in [1.29, 1.82) is 0 Å². The first-order chi connectivity index (χ1) is 7.02. The number of benzene rings is 1. The van der Waals surface area contributed by atoms with E-state index in [-0.39, 0.29) is 0 Å². The molecule has 3 nitrogen and oxygen atoms in total. The van der Waals surface area contributed by atoms with E-state index in [2.05, 4.69) is 15.9 Å². The van der Waals surface area contributed by atoms with Crippen LogP contribution in [0.5, 0.6) is 0 Å². The van der Waals surface area contributed by atoms with Crippen LogP contribution in [0.2, 0.25) is 0 Å². The van der Waals surface area contributed by atoms with Crippen LogP contribution in [0.1, 0.15) is 18.9 Å². The van der Waals surface area contributed by atoms with E-state index < -0.39 is 11.4 Å². The van der Waals surface area contributed by atoms with Crippen molar-refractivity contribution in [3.05, 3.63) is 34.3 Å². The third kappa shape index (κ3) is 2.38. The van der Waals surface area contributed by atoms with Crippen LogP contribution in [0.4, 0.5) is 0 Å². The molecule has 1 atom stereocenters. The summed E-state index contributed by atoms with van der Waals surface area (Å²) in [6, 6.07) is 7.34. The zero-order valence-electron chi connectivity index (χ0n) is 8.53. The van der Waals surface area contributed by atoms with E-state index in [1.54, 1.807) is 6.92 Å². The molecule has 1 aromatic carbocycles. The number of carboxylic acids is 1. The summed E-state index contributed by atoms with van der Waals surface area (Å²) >= 11 is 3.37. The summed E-state index contributed by atoms with van der Waals surface area (Å²) in [6.45, 7) is 2.05. The molecular weight excluding hydrogens is 258 g/mol. The van der Waals surface area contributed by atoms with Crippen LogP contribution in [-0.2, 0) is 10.2 Å². The molecule has 0 heterocycles. The predicted molar refractivity (Wildman–Crippen MR) is 62.8 cm³/mol. The maximum atomic E-state index is 11.3. The number of rotatable bonds is 4. The molecule has 4 heteroatoms. The number of carboxylic acid groups (broad SMARTS) is 1. The summed E-state index contributed by atoms with van der Waals surface area (Å²) in [7, 11) is 0. The van der Waals surface area contributed by atoms with Crippen LogP contribution < -0.4 is 5.73 Å². The van der Waals surface area contributed by atoms with Gasteiger partial charge in [-0.1, -0.05) is 34.1 Å². The normalized spacial score (nSPS) is 14.6. The lowest BCUT2D eigenvalue weighted by atomic mass is 9.79. The lowest BCUT2D eigenvalue weighted by molar-refractivity contribution is -0.143. The average Bonchev–Trinajstić information content (AvgIpc) is 2.18. The standard InChI is InChI=1S/C11H14BrNO2/c1-11(6-7-13,10(14)15)8-4-2-3-5-9(8)12/h2-5H,6-7,13H2,1H3,(H,14,15). The van der Waals surface area contributed by atoms with Crippen LogP contribution >= 0.6 is 15.9 Å². The average molecular weight is 272 g/mol. The van der Waals surface area contributed by atoms with Gasteiger partial charge in [0.2, 0.25) is 0 Å². The molecule has 0 bridgehead atoms. The lowest BCUT2D eigenvalue weighted by Gasteiger charge is -2.25. The van der Waals surface area contributed by atoms with Crippen molar-refractivity contribution < 1.29 is 9.90 Å². The largest absolute Gasteiger partial charge is 0.481 e. The summed E-state index contributed by atoms with van der Waals surface area (Å²) in [6.07, 6.45) is 0.422. The van der Waals surface area contributed by atoms with Crippen molar-refractivity contribution in [3.63, 3.8) is 0 Å². The maximum absolute atomic E-state index is 11.3. The first-order valence-corrected chi connectivity index (χ1v) is 5.50. The molecule has 1 unspecified atom stereocenters. The Labute approximate surface area is 97.4 Å². The molecule has 0 aliphatic carbocycles. The maximum Gasteiger partial charge on any atom is 0.313 e. The fraction of sp³-hybridized carbons (Fsp3) is 0.364. The van der Waals surface area contributed by atoms with E-state index in [4.69, 9.17) is 5.73 Å². The molecule has 15 heavy (non-hydrogen) atoms. The summed E-state index contributed by atoms with van der Waals surface area (Å²) in [4.78, 5) is 11.3. The number of aliphatic carboxylic acids is 1. The van der Waals surface area contributed by atoms with E-state index in [0.29, 0.717) is 13.0 Å². The highest BCUT2D eigenvalue weighted by atomic mass is 79.9. The van der Waals surface area contributed by atoms with Crippen molar-refractivity contribution in [1.82, 2.24) is 0 Å². The van der Waals surface area contributed by atoms with Crippen molar-refractivity contribution in [2.24, 2.45) is 5.73 Å². The predicted octanol–water partition coefficient (Wildman–Crippen LogP) is 2.14. The second-order valence-electron chi connectivity index (χ2n) is 3.66. The number of halogens is 1. The first kappa shape index (κ1) is 12.2. The summed E-state index contributed by atoms with van der Waals surface area (Å²) in [5.41, 5.74) is 5.31. The highest BCUT2D eigenvalue weighted by Crippen LogP contribution is 2.33. The van der Waals surface area contributed by atoms with Gasteiger partial charge in [-0.2, -0.15) is 0 Å². The Morgan fingerprint density at radius 3 is 2.60 bits per heavy atom. The van der Waals surface area contributed by atoms with E-state index in [1.165, 1.54) is 0 Å². The Balaban J connectivity index is 3.21. The van der Waals surface area contributed by atoms with E-state index >= 15 is 0 Å². The molecule has 82 valence electrons. The Morgan fingerprint density at radius 1 is 1.53 bits per heavy atom. The van der Waals surface area contributed by atoms with Crippen LogP contribution in [0, 0.1) is 0 Å². The molecule has 1 rings (SSSR count). The zero-order valence-corrected chi connectivity index (χ0v) is 10.1. The molecule has 0 radical (unpaired) electrons. The van der Waals surface area contributed by atoms with Crippen molar-refractivity contribution >= 4 is 21.9 Å². The SMILES string of the molecule is CC(CCN)(C(=O)O)c1ccccc1Br. The van der Waals surface area contributed by atoms with Gasteiger partial charge >= 0.3 is 5.97 Å².